The van der Waals surface area contributed by atoms with Crippen molar-refractivity contribution in [2.24, 2.45) is 0 Å². The molecule has 1 aliphatic heterocycles. The minimum atomic E-state index is -0.967. The van der Waals surface area contributed by atoms with Gasteiger partial charge < -0.3 is 9.15 Å². The van der Waals surface area contributed by atoms with Gasteiger partial charge >= 0.3 is 11.3 Å². The molecule has 1 unspecified atom stereocenters. The van der Waals surface area contributed by atoms with Crippen molar-refractivity contribution in [3.05, 3.63) is 107 Å². The van der Waals surface area contributed by atoms with E-state index in [1.54, 1.807) is 24.3 Å². The Morgan fingerprint density at radius 3 is 2.40 bits per heavy atom. The number of para-hydroxylation sites is 1. The molecule has 2 aromatic carbocycles. The SMILES string of the molecule is O=c1[nH]c2c(c(=O)[nH]1)C(c1ccc([N+](=O)[O-])cc1)c1c(c3ccccc3oc1=O)O2. The summed E-state index contributed by atoms with van der Waals surface area (Å²) in [6.45, 7) is 0. The van der Waals surface area contributed by atoms with Crippen molar-refractivity contribution in [3.8, 4) is 11.6 Å². The van der Waals surface area contributed by atoms with Gasteiger partial charge in [0.25, 0.3) is 11.2 Å². The van der Waals surface area contributed by atoms with Gasteiger partial charge in [-0.05, 0) is 17.7 Å². The number of ether oxygens (including phenoxy) is 1. The third-order valence-corrected chi connectivity index (χ3v) is 4.96. The maximum atomic E-state index is 12.9. The zero-order chi connectivity index (χ0) is 21.0. The minimum Gasteiger partial charge on any atom is -0.439 e. The number of hydrogen-bond acceptors (Lipinski definition) is 7. The zero-order valence-electron chi connectivity index (χ0n) is 15.0. The number of nitrogens with zero attached hydrogens (tertiary/aromatic N) is 1. The van der Waals surface area contributed by atoms with Crippen molar-refractivity contribution in [3.63, 3.8) is 0 Å². The van der Waals surface area contributed by atoms with Crippen molar-refractivity contribution in [1.29, 1.82) is 0 Å². The van der Waals surface area contributed by atoms with Gasteiger partial charge in [-0.25, -0.2) is 9.59 Å². The normalized spacial score (nSPS) is 14.6. The lowest BCUT2D eigenvalue weighted by atomic mass is 9.84. The Morgan fingerprint density at radius 1 is 0.933 bits per heavy atom. The van der Waals surface area contributed by atoms with E-state index in [1.165, 1.54) is 24.3 Å². The predicted molar refractivity (Wildman–Crippen MR) is 104 cm³/mol. The second-order valence-electron chi connectivity index (χ2n) is 6.66. The first-order chi connectivity index (χ1) is 14.4. The van der Waals surface area contributed by atoms with Crippen LogP contribution in [0.4, 0.5) is 5.69 Å². The average Bonchev–Trinajstić information content (AvgIpc) is 2.72. The smallest absolute Gasteiger partial charge is 0.344 e. The molecule has 1 atom stereocenters. The van der Waals surface area contributed by atoms with Gasteiger partial charge in [0.1, 0.15) is 5.58 Å². The number of rotatable bonds is 2. The quantitative estimate of drug-likeness (QED) is 0.260. The lowest BCUT2D eigenvalue weighted by molar-refractivity contribution is -0.384. The number of hydrogen-bond donors (Lipinski definition) is 2. The maximum Gasteiger partial charge on any atom is 0.344 e. The fraction of sp³-hybridized carbons (Fsp3) is 0.0500. The molecule has 0 radical (unpaired) electrons. The summed E-state index contributed by atoms with van der Waals surface area (Å²) in [6.07, 6.45) is 0. The van der Waals surface area contributed by atoms with Crippen LogP contribution in [0.2, 0.25) is 0 Å². The topological polar surface area (TPSA) is 148 Å². The predicted octanol–water partition coefficient (Wildman–Crippen LogP) is 2.36. The Balaban J connectivity index is 1.87. The fourth-order valence-corrected chi connectivity index (χ4v) is 3.68. The molecule has 0 saturated carbocycles. The molecule has 2 N–H and O–H groups in total. The van der Waals surface area contributed by atoms with Crippen LogP contribution in [0, 0.1) is 10.1 Å². The number of nitrogens with one attached hydrogen (secondary N) is 2. The van der Waals surface area contributed by atoms with E-state index in [1.807, 2.05) is 0 Å². The lowest BCUT2D eigenvalue weighted by Gasteiger charge is -2.26. The van der Waals surface area contributed by atoms with Crippen molar-refractivity contribution >= 4 is 16.7 Å². The van der Waals surface area contributed by atoms with Crippen LogP contribution in [0.3, 0.4) is 0 Å². The Morgan fingerprint density at radius 2 is 1.67 bits per heavy atom. The maximum absolute atomic E-state index is 12.9. The summed E-state index contributed by atoms with van der Waals surface area (Å²) in [5.74, 6) is -0.916. The number of aromatic amines is 2. The van der Waals surface area contributed by atoms with Crippen LogP contribution in [-0.4, -0.2) is 14.9 Å². The largest absolute Gasteiger partial charge is 0.439 e. The van der Waals surface area contributed by atoms with E-state index in [0.717, 1.165) is 0 Å². The van der Waals surface area contributed by atoms with Gasteiger partial charge in [-0.15, -0.1) is 0 Å². The summed E-state index contributed by atoms with van der Waals surface area (Å²) in [5.41, 5.74) is -1.61. The highest BCUT2D eigenvalue weighted by molar-refractivity contribution is 5.86. The third kappa shape index (κ3) is 2.54. The summed E-state index contributed by atoms with van der Waals surface area (Å²) in [7, 11) is 0. The molecule has 10 heteroatoms. The van der Waals surface area contributed by atoms with Gasteiger partial charge in [-0.1, -0.05) is 24.3 Å². The Labute approximate surface area is 165 Å². The van der Waals surface area contributed by atoms with Crippen molar-refractivity contribution in [2.45, 2.75) is 5.92 Å². The summed E-state index contributed by atoms with van der Waals surface area (Å²) in [5, 5.41) is 11.5. The van der Waals surface area contributed by atoms with E-state index in [-0.39, 0.29) is 34.0 Å². The molecular weight excluding hydrogens is 394 g/mol. The summed E-state index contributed by atoms with van der Waals surface area (Å²) in [6, 6.07) is 12.1. The molecular formula is C20H11N3O7. The van der Waals surface area contributed by atoms with E-state index in [2.05, 4.69) is 9.97 Å². The minimum absolute atomic E-state index is 0.00136. The van der Waals surface area contributed by atoms with Crippen LogP contribution in [0.1, 0.15) is 22.6 Å². The van der Waals surface area contributed by atoms with Gasteiger partial charge in [0.15, 0.2) is 5.75 Å². The van der Waals surface area contributed by atoms with Crippen molar-refractivity contribution in [2.75, 3.05) is 0 Å². The number of nitro benzene ring substituents is 1. The van der Waals surface area contributed by atoms with Crippen LogP contribution in [0.5, 0.6) is 11.6 Å². The van der Waals surface area contributed by atoms with Gasteiger partial charge in [-0.2, -0.15) is 0 Å². The van der Waals surface area contributed by atoms with E-state index in [9.17, 15) is 24.5 Å². The molecule has 148 valence electrons. The monoisotopic (exact) mass is 405 g/mol. The third-order valence-electron chi connectivity index (χ3n) is 4.96. The van der Waals surface area contributed by atoms with Crippen LogP contribution >= 0.6 is 0 Å². The van der Waals surface area contributed by atoms with Crippen LogP contribution in [0.15, 0.2) is 67.3 Å². The van der Waals surface area contributed by atoms with E-state index < -0.39 is 27.7 Å². The van der Waals surface area contributed by atoms with Gasteiger partial charge in [0.2, 0.25) is 5.88 Å². The lowest BCUT2D eigenvalue weighted by Crippen LogP contribution is -2.32. The fourth-order valence-electron chi connectivity index (χ4n) is 3.68. The Hall–Kier alpha value is -4.47. The number of benzene rings is 2. The molecule has 30 heavy (non-hydrogen) atoms. The Kier molecular flexibility index (Phi) is 3.68. The summed E-state index contributed by atoms with van der Waals surface area (Å²) in [4.78, 5) is 52.4. The highest BCUT2D eigenvalue weighted by Crippen LogP contribution is 2.45. The highest BCUT2D eigenvalue weighted by Gasteiger charge is 2.37. The second-order valence-corrected chi connectivity index (χ2v) is 6.66. The standard InChI is InChI=1S/C20H11N3O7/c24-17-15-13(9-5-7-10(8-6-9)23(27)28)14-16(30-18(15)22-20(26)21-17)11-3-1-2-4-12(11)29-19(14)25/h1-8,13H,(H2,21,22,24,26). The summed E-state index contributed by atoms with van der Waals surface area (Å²) < 4.78 is 11.2. The van der Waals surface area contributed by atoms with E-state index in [4.69, 9.17) is 9.15 Å². The van der Waals surface area contributed by atoms with Gasteiger partial charge in [0, 0.05) is 12.1 Å². The van der Waals surface area contributed by atoms with Crippen molar-refractivity contribution < 1.29 is 14.1 Å². The molecule has 1 aliphatic rings. The molecule has 4 aromatic rings. The molecule has 0 bridgehead atoms. The zero-order valence-corrected chi connectivity index (χ0v) is 15.0. The number of nitro groups is 1. The average molecular weight is 405 g/mol. The number of H-pyrrole nitrogens is 2. The molecule has 10 nitrogen and oxygen atoms in total. The molecule has 0 spiro atoms. The number of fused-ring (bicyclic) bond motifs is 4. The van der Waals surface area contributed by atoms with E-state index in [0.29, 0.717) is 10.9 Å². The van der Waals surface area contributed by atoms with Gasteiger partial charge in [-0.3, -0.25) is 24.9 Å². The van der Waals surface area contributed by atoms with Crippen LogP contribution < -0.4 is 21.6 Å². The van der Waals surface area contributed by atoms with Crippen LogP contribution in [-0.2, 0) is 0 Å². The molecule has 0 saturated heterocycles. The number of non-ortho nitro benzene ring substituents is 1. The molecule has 0 fully saturated rings. The highest BCUT2D eigenvalue weighted by atomic mass is 16.6. The van der Waals surface area contributed by atoms with E-state index >= 15 is 0 Å². The molecule has 0 amide bonds. The van der Waals surface area contributed by atoms with Crippen molar-refractivity contribution in [1.82, 2.24) is 9.97 Å². The second kappa shape index (κ2) is 6.27. The number of aromatic nitrogens is 2. The molecule has 2 aromatic heterocycles. The molecule has 5 rings (SSSR count). The van der Waals surface area contributed by atoms with Crippen LogP contribution in [0.25, 0.3) is 11.0 Å². The first kappa shape index (κ1) is 17.6. The first-order valence-corrected chi connectivity index (χ1v) is 8.78. The first-order valence-electron chi connectivity index (χ1n) is 8.78. The molecule has 3 heterocycles. The Bertz CT molecular complexity index is 1510. The van der Waals surface area contributed by atoms with Gasteiger partial charge in [0.05, 0.1) is 27.4 Å². The molecule has 0 aliphatic carbocycles. The summed E-state index contributed by atoms with van der Waals surface area (Å²) >= 11 is 0.